The van der Waals surface area contributed by atoms with Crippen LogP contribution in [0.25, 0.3) is 0 Å². The van der Waals surface area contributed by atoms with Gasteiger partial charge in [0.25, 0.3) is 0 Å². The average Bonchev–Trinajstić information content (AvgIpc) is 2.73. The van der Waals surface area contributed by atoms with Gasteiger partial charge in [-0.2, -0.15) is 0 Å². The van der Waals surface area contributed by atoms with Crippen molar-refractivity contribution < 1.29 is 4.74 Å². The van der Waals surface area contributed by atoms with Crippen molar-refractivity contribution in [2.75, 3.05) is 13.2 Å². The standard InChI is InChI=1S/C12H19N3O/c1-3-14-11(10-8-13-5-6-15-10)12-9(2)4-7-16-12/h5-6,8-9,11-12,14H,3-4,7H2,1-2H3. The Morgan fingerprint density at radius 1 is 1.56 bits per heavy atom. The van der Waals surface area contributed by atoms with E-state index in [1.54, 1.807) is 12.4 Å². The Balaban J connectivity index is 2.16. The summed E-state index contributed by atoms with van der Waals surface area (Å²) in [7, 11) is 0. The van der Waals surface area contributed by atoms with Crippen molar-refractivity contribution >= 4 is 0 Å². The lowest BCUT2D eigenvalue weighted by molar-refractivity contribution is 0.0598. The minimum atomic E-state index is 0.163. The molecule has 3 unspecified atom stereocenters. The fourth-order valence-electron chi connectivity index (χ4n) is 2.22. The van der Waals surface area contributed by atoms with Gasteiger partial charge in [-0.15, -0.1) is 0 Å². The molecule has 1 aliphatic heterocycles. The van der Waals surface area contributed by atoms with Gasteiger partial charge in [-0.1, -0.05) is 13.8 Å². The fraction of sp³-hybridized carbons (Fsp3) is 0.667. The summed E-state index contributed by atoms with van der Waals surface area (Å²) in [6, 6.07) is 0.163. The summed E-state index contributed by atoms with van der Waals surface area (Å²) < 4.78 is 5.80. The molecule has 0 saturated carbocycles. The van der Waals surface area contributed by atoms with Gasteiger partial charge in [0.2, 0.25) is 0 Å². The SMILES string of the molecule is CCNC(c1cnccn1)C1OCCC1C. The number of likely N-dealkylation sites (N-methyl/N-ethyl adjacent to an activating group) is 1. The quantitative estimate of drug-likeness (QED) is 0.838. The molecule has 1 aromatic rings. The van der Waals surface area contributed by atoms with E-state index in [9.17, 15) is 0 Å². The Labute approximate surface area is 96.4 Å². The second-order valence-corrected chi connectivity index (χ2v) is 4.27. The Bertz CT molecular complexity index is 317. The molecule has 4 nitrogen and oxygen atoms in total. The molecule has 0 aromatic carbocycles. The highest BCUT2D eigenvalue weighted by atomic mass is 16.5. The molecular weight excluding hydrogens is 202 g/mol. The third-order valence-electron chi connectivity index (χ3n) is 3.10. The van der Waals surface area contributed by atoms with Crippen LogP contribution in [0.4, 0.5) is 0 Å². The zero-order chi connectivity index (χ0) is 11.4. The molecule has 0 radical (unpaired) electrons. The number of hydrogen-bond donors (Lipinski definition) is 1. The molecular formula is C12H19N3O. The fourth-order valence-corrected chi connectivity index (χ4v) is 2.22. The molecule has 4 heteroatoms. The molecule has 16 heavy (non-hydrogen) atoms. The second kappa shape index (κ2) is 5.37. The molecule has 1 saturated heterocycles. The van der Waals surface area contributed by atoms with Crippen molar-refractivity contribution in [2.24, 2.45) is 5.92 Å². The first kappa shape index (κ1) is 11.5. The normalized spacial score (nSPS) is 26.9. The molecule has 2 rings (SSSR count). The molecule has 0 spiro atoms. The first-order valence-corrected chi connectivity index (χ1v) is 5.93. The van der Waals surface area contributed by atoms with Crippen LogP contribution < -0.4 is 5.32 Å². The number of nitrogens with zero attached hydrogens (tertiary/aromatic N) is 2. The summed E-state index contributed by atoms with van der Waals surface area (Å²) in [6.45, 7) is 6.10. The summed E-state index contributed by atoms with van der Waals surface area (Å²) >= 11 is 0. The highest BCUT2D eigenvalue weighted by molar-refractivity contribution is 5.06. The number of hydrogen-bond acceptors (Lipinski definition) is 4. The molecule has 0 amide bonds. The number of ether oxygens (including phenoxy) is 1. The first-order chi connectivity index (χ1) is 7.83. The van der Waals surface area contributed by atoms with Crippen LogP contribution in [0, 0.1) is 5.92 Å². The van der Waals surface area contributed by atoms with Gasteiger partial charge in [0.1, 0.15) is 0 Å². The van der Waals surface area contributed by atoms with E-state index in [0.717, 1.165) is 25.3 Å². The van der Waals surface area contributed by atoms with E-state index in [1.807, 2.05) is 6.20 Å². The predicted molar refractivity (Wildman–Crippen MR) is 62.0 cm³/mol. The van der Waals surface area contributed by atoms with Crippen LogP contribution in [0.3, 0.4) is 0 Å². The van der Waals surface area contributed by atoms with Gasteiger partial charge in [0.05, 0.1) is 24.0 Å². The third kappa shape index (κ3) is 2.39. The summed E-state index contributed by atoms with van der Waals surface area (Å²) in [6.07, 6.45) is 6.61. The predicted octanol–water partition coefficient (Wildman–Crippen LogP) is 1.55. The zero-order valence-corrected chi connectivity index (χ0v) is 9.89. The van der Waals surface area contributed by atoms with Crippen LogP contribution in [0.2, 0.25) is 0 Å². The molecule has 1 N–H and O–H groups in total. The van der Waals surface area contributed by atoms with Gasteiger partial charge < -0.3 is 10.1 Å². The smallest absolute Gasteiger partial charge is 0.0812 e. The van der Waals surface area contributed by atoms with Gasteiger partial charge >= 0.3 is 0 Å². The van der Waals surface area contributed by atoms with E-state index in [2.05, 4.69) is 29.1 Å². The van der Waals surface area contributed by atoms with Crippen molar-refractivity contribution in [3.63, 3.8) is 0 Å². The summed E-state index contributed by atoms with van der Waals surface area (Å²) in [5, 5.41) is 3.44. The minimum Gasteiger partial charge on any atom is -0.376 e. The van der Waals surface area contributed by atoms with Crippen molar-refractivity contribution in [1.29, 1.82) is 0 Å². The van der Waals surface area contributed by atoms with Gasteiger partial charge in [0.15, 0.2) is 0 Å². The van der Waals surface area contributed by atoms with Crippen LogP contribution in [0.5, 0.6) is 0 Å². The van der Waals surface area contributed by atoms with Crippen molar-refractivity contribution in [3.8, 4) is 0 Å². The second-order valence-electron chi connectivity index (χ2n) is 4.27. The van der Waals surface area contributed by atoms with Crippen molar-refractivity contribution in [3.05, 3.63) is 24.3 Å². The molecule has 1 aromatic heterocycles. The van der Waals surface area contributed by atoms with E-state index in [4.69, 9.17) is 4.74 Å². The highest BCUT2D eigenvalue weighted by Crippen LogP contribution is 2.29. The van der Waals surface area contributed by atoms with E-state index < -0.39 is 0 Å². The van der Waals surface area contributed by atoms with Crippen LogP contribution in [0.15, 0.2) is 18.6 Å². The van der Waals surface area contributed by atoms with E-state index in [0.29, 0.717) is 5.92 Å². The topological polar surface area (TPSA) is 47.0 Å². The van der Waals surface area contributed by atoms with Gasteiger partial charge in [-0.05, 0) is 18.9 Å². The Morgan fingerprint density at radius 2 is 2.44 bits per heavy atom. The average molecular weight is 221 g/mol. The van der Waals surface area contributed by atoms with Crippen LogP contribution in [0.1, 0.15) is 32.0 Å². The molecule has 88 valence electrons. The Hall–Kier alpha value is -1.00. The Kier molecular flexibility index (Phi) is 3.85. The third-order valence-corrected chi connectivity index (χ3v) is 3.10. The number of aromatic nitrogens is 2. The molecule has 0 aliphatic carbocycles. The van der Waals surface area contributed by atoms with Crippen molar-refractivity contribution in [1.82, 2.24) is 15.3 Å². The number of rotatable bonds is 4. The molecule has 1 aliphatic rings. The lowest BCUT2D eigenvalue weighted by atomic mass is 9.95. The van der Waals surface area contributed by atoms with E-state index in [-0.39, 0.29) is 12.1 Å². The van der Waals surface area contributed by atoms with Gasteiger partial charge in [-0.3, -0.25) is 9.97 Å². The van der Waals surface area contributed by atoms with E-state index in [1.165, 1.54) is 0 Å². The van der Waals surface area contributed by atoms with E-state index >= 15 is 0 Å². The maximum atomic E-state index is 5.80. The lowest BCUT2D eigenvalue weighted by Crippen LogP contribution is -2.35. The van der Waals surface area contributed by atoms with Crippen LogP contribution in [-0.2, 0) is 4.74 Å². The molecule has 3 atom stereocenters. The molecule has 1 fully saturated rings. The lowest BCUT2D eigenvalue weighted by Gasteiger charge is -2.26. The summed E-state index contributed by atoms with van der Waals surface area (Å²) in [4.78, 5) is 8.50. The van der Waals surface area contributed by atoms with Gasteiger partial charge in [0, 0.05) is 19.0 Å². The summed E-state index contributed by atoms with van der Waals surface area (Å²) in [5.74, 6) is 0.575. The molecule has 2 heterocycles. The maximum Gasteiger partial charge on any atom is 0.0812 e. The monoisotopic (exact) mass is 221 g/mol. The van der Waals surface area contributed by atoms with Crippen LogP contribution >= 0.6 is 0 Å². The summed E-state index contributed by atoms with van der Waals surface area (Å²) in [5.41, 5.74) is 0.975. The minimum absolute atomic E-state index is 0.163. The van der Waals surface area contributed by atoms with Gasteiger partial charge in [-0.25, -0.2) is 0 Å². The number of nitrogens with one attached hydrogen (secondary N) is 1. The Morgan fingerprint density at radius 3 is 3.00 bits per heavy atom. The highest BCUT2D eigenvalue weighted by Gasteiger charge is 2.33. The first-order valence-electron chi connectivity index (χ1n) is 5.93. The maximum absolute atomic E-state index is 5.80. The molecule has 0 bridgehead atoms. The largest absolute Gasteiger partial charge is 0.376 e. The zero-order valence-electron chi connectivity index (χ0n) is 9.89. The van der Waals surface area contributed by atoms with Crippen molar-refractivity contribution in [2.45, 2.75) is 32.4 Å². The van der Waals surface area contributed by atoms with Crippen LogP contribution in [-0.4, -0.2) is 29.2 Å².